The first-order valence-electron chi connectivity index (χ1n) is 7.21. The zero-order chi connectivity index (χ0) is 16.5. The van der Waals surface area contributed by atoms with Crippen molar-refractivity contribution in [2.75, 3.05) is 27.3 Å². The molecule has 1 aliphatic rings. The van der Waals surface area contributed by atoms with Gasteiger partial charge in [0.05, 0.1) is 14.2 Å². The van der Waals surface area contributed by atoms with E-state index in [-0.39, 0.29) is 27.9 Å². The maximum Gasteiger partial charge on any atom is 0.250 e. The van der Waals surface area contributed by atoms with Gasteiger partial charge < -0.3 is 15.2 Å². The Hall–Kier alpha value is -1.31. The minimum Gasteiger partial charge on any atom is -0.495 e. The first kappa shape index (κ1) is 17.1. The van der Waals surface area contributed by atoms with Crippen LogP contribution in [0.25, 0.3) is 0 Å². The molecule has 2 N–H and O–H groups in total. The van der Waals surface area contributed by atoms with E-state index >= 15 is 0 Å². The van der Waals surface area contributed by atoms with Crippen LogP contribution in [0.5, 0.6) is 11.5 Å². The maximum absolute atomic E-state index is 13.1. The lowest BCUT2D eigenvalue weighted by molar-refractivity contribution is 0.155. The maximum atomic E-state index is 13.1. The number of piperidine rings is 1. The molecule has 0 aliphatic carbocycles. The molecule has 0 aromatic heterocycles. The molecule has 1 unspecified atom stereocenters. The van der Waals surface area contributed by atoms with Crippen molar-refractivity contribution in [3.63, 3.8) is 0 Å². The summed E-state index contributed by atoms with van der Waals surface area (Å²) < 4.78 is 38.1. The Labute approximate surface area is 132 Å². The monoisotopic (exact) mass is 328 g/mol. The van der Waals surface area contributed by atoms with Gasteiger partial charge in [-0.3, -0.25) is 0 Å². The van der Waals surface area contributed by atoms with Crippen LogP contribution in [0.3, 0.4) is 0 Å². The zero-order valence-electron chi connectivity index (χ0n) is 13.5. The number of sulfonamides is 1. The van der Waals surface area contributed by atoms with E-state index in [2.05, 4.69) is 0 Å². The van der Waals surface area contributed by atoms with Gasteiger partial charge in [-0.25, -0.2) is 8.42 Å². The van der Waals surface area contributed by atoms with E-state index in [0.29, 0.717) is 19.5 Å². The Morgan fingerprint density at radius 1 is 1.23 bits per heavy atom. The summed E-state index contributed by atoms with van der Waals surface area (Å²) in [6.07, 6.45) is 0.629. The highest BCUT2D eigenvalue weighted by atomic mass is 32.2. The van der Waals surface area contributed by atoms with E-state index in [4.69, 9.17) is 15.2 Å². The Balaban J connectivity index is 2.48. The molecule has 2 rings (SSSR count). The summed E-state index contributed by atoms with van der Waals surface area (Å²) >= 11 is 0. The van der Waals surface area contributed by atoms with Crippen molar-refractivity contribution in [3.05, 3.63) is 18.2 Å². The van der Waals surface area contributed by atoms with Crippen LogP contribution in [0.2, 0.25) is 0 Å². The van der Waals surface area contributed by atoms with Crippen LogP contribution in [0, 0.1) is 5.41 Å². The highest BCUT2D eigenvalue weighted by Crippen LogP contribution is 2.38. The fourth-order valence-corrected chi connectivity index (χ4v) is 4.65. The van der Waals surface area contributed by atoms with E-state index in [1.807, 2.05) is 13.8 Å². The van der Waals surface area contributed by atoms with Gasteiger partial charge in [-0.1, -0.05) is 19.9 Å². The van der Waals surface area contributed by atoms with Gasteiger partial charge in [0, 0.05) is 19.1 Å². The van der Waals surface area contributed by atoms with Crippen LogP contribution < -0.4 is 15.2 Å². The number of benzene rings is 1. The van der Waals surface area contributed by atoms with Crippen LogP contribution in [-0.2, 0) is 10.0 Å². The van der Waals surface area contributed by atoms with Crippen LogP contribution in [0.1, 0.15) is 20.3 Å². The lowest BCUT2D eigenvalue weighted by atomic mass is 9.81. The number of rotatable bonds is 4. The second-order valence-electron chi connectivity index (χ2n) is 6.21. The molecule has 1 heterocycles. The number of nitrogens with two attached hydrogens (primary N) is 1. The van der Waals surface area contributed by atoms with Gasteiger partial charge in [0.2, 0.25) is 10.0 Å². The lowest BCUT2D eigenvalue weighted by Gasteiger charge is -2.41. The third-order valence-corrected chi connectivity index (χ3v) is 6.17. The molecule has 1 aromatic rings. The van der Waals surface area contributed by atoms with Gasteiger partial charge in [0.1, 0.15) is 11.5 Å². The predicted molar refractivity (Wildman–Crippen MR) is 84.7 cm³/mol. The Bertz CT molecular complexity index is 621. The molecule has 6 nitrogen and oxygen atoms in total. The normalized spacial score (nSPS) is 22.3. The van der Waals surface area contributed by atoms with Gasteiger partial charge in [-0.05, 0) is 24.0 Å². The SMILES string of the molecule is COc1cccc(OC)c1S(=O)(=O)N1CCC(N)C(C)(C)C1. The number of ether oxygens (including phenoxy) is 2. The van der Waals surface area contributed by atoms with Crippen LogP contribution in [-0.4, -0.2) is 46.1 Å². The second-order valence-corrected chi connectivity index (χ2v) is 8.09. The summed E-state index contributed by atoms with van der Waals surface area (Å²) in [6.45, 7) is 4.74. The molecule has 1 atom stereocenters. The molecule has 0 saturated carbocycles. The van der Waals surface area contributed by atoms with Crippen LogP contribution in [0.4, 0.5) is 0 Å². The lowest BCUT2D eigenvalue weighted by Crippen LogP contribution is -2.53. The van der Waals surface area contributed by atoms with Crippen molar-refractivity contribution < 1.29 is 17.9 Å². The van der Waals surface area contributed by atoms with Crippen molar-refractivity contribution >= 4 is 10.0 Å². The van der Waals surface area contributed by atoms with Crippen molar-refractivity contribution in [2.24, 2.45) is 11.1 Å². The molecule has 1 aliphatic heterocycles. The summed E-state index contributed by atoms with van der Waals surface area (Å²) in [5, 5.41) is 0. The van der Waals surface area contributed by atoms with Gasteiger partial charge in [0.15, 0.2) is 4.90 Å². The summed E-state index contributed by atoms with van der Waals surface area (Å²) in [5.74, 6) is 0.569. The van der Waals surface area contributed by atoms with Crippen molar-refractivity contribution in [1.29, 1.82) is 0 Å². The van der Waals surface area contributed by atoms with Crippen molar-refractivity contribution in [3.8, 4) is 11.5 Å². The standard InChI is InChI=1S/C15H24N2O4S/c1-15(2)10-17(9-8-13(15)16)22(18,19)14-11(20-3)6-5-7-12(14)21-4/h5-7,13H,8-10,16H2,1-4H3. The Morgan fingerprint density at radius 2 is 1.77 bits per heavy atom. The molecule has 22 heavy (non-hydrogen) atoms. The number of hydrogen-bond acceptors (Lipinski definition) is 5. The first-order chi connectivity index (χ1) is 10.2. The van der Waals surface area contributed by atoms with E-state index in [0.717, 1.165) is 0 Å². The van der Waals surface area contributed by atoms with Crippen molar-refractivity contribution in [1.82, 2.24) is 4.31 Å². The fourth-order valence-electron chi connectivity index (χ4n) is 2.73. The molecule has 1 aromatic carbocycles. The Morgan fingerprint density at radius 3 is 2.23 bits per heavy atom. The van der Waals surface area contributed by atoms with Gasteiger partial charge in [-0.2, -0.15) is 4.31 Å². The molecule has 0 amide bonds. The summed E-state index contributed by atoms with van der Waals surface area (Å²) in [6, 6.07) is 4.93. The molecule has 124 valence electrons. The molecular formula is C15H24N2O4S. The van der Waals surface area contributed by atoms with Gasteiger partial charge >= 0.3 is 0 Å². The van der Waals surface area contributed by atoms with E-state index in [9.17, 15) is 8.42 Å². The summed E-state index contributed by atoms with van der Waals surface area (Å²) in [5.41, 5.74) is 5.82. The smallest absolute Gasteiger partial charge is 0.250 e. The van der Waals surface area contributed by atoms with E-state index in [1.165, 1.54) is 18.5 Å². The molecule has 7 heteroatoms. The molecule has 1 saturated heterocycles. The molecule has 0 bridgehead atoms. The quantitative estimate of drug-likeness (QED) is 0.905. The first-order valence-corrected chi connectivity index (χ1v) is 8.65. The minimum atomic E-state index is -3.71. The highest BCUT2D eigenvalue weighted by molar-refractivity contribution is 7.89. The van der Waals surface area contributed by atoms with Gasteiger partial charge in [-0.15, -0.1) is 0 Å². The molecule has 0 radical (unpaired) electrons. The third-order valence-electron chi connectivity index (χ3n) is 4.26. The Kier molecular flexibility index (Phi) is 4.70. The minimum absolute atomic E-state index is 0.0153. The number of methoxy groups -OCH3 is 2. The number of nitrogens with zero attached hydrogens (tertiary/aromatic N) is 1. The molecule has 0 spiro atoms. The zero-order valence-corrected chi connectivity index (χ0v) is 14.3. The third kappa shape index (κ3) is 2.93. The molecule has 1 fully saturated rings. The summed E-state index contributed by atoms with van der Waals surface area (Å²) in [7, 11) is -0.818. The summed E-state index contributed by atoms with van der Waals surface area (Å²) in [4.78, 5) is 0.0753. The van der Waals surface area contributed by atoms with E-state index in [1.54, 1.807) is 18.2 Å². The average Bonchev–Trinajstić information content (AvgIpc) is 2.48. The van der Waals surface area contributed by atoms with Crippen molar-refractivity contribution in [2.45, 2.75) is 31.2 Å². The van der Waals surface area contributed by atoms with Gasteiger partial charge in [0.25, 0.3) is 0 Å². The van der Waals surface area contributed by atoms with Crippen LogP contribution >= 0.6 is 0 Å². The second kappa shape index (κ2) is 6.06. The number of hydrogen-bond donors (Lipinski definition) is 1. The highest BCUT2D eigenvalue weighted by Gasteiger charge is 2.40. The topological polar surface area (TPSA) is 81.9 Å². The fraction of sp³-hybridized carbons (Fsp3) is 0.600. The van der Waals surface area contributed by atoms with E-state index < -0.39 is 10.0 Å². The predicted octanol–water partition coefficient (Wildman–Crippen LogP) is 1.45. The average molecular weight is 328 g/mol. The molecular weight excluding hydrogens is 304 g/mol. The van der Waals surface area contributed by atoms with Crippen LogP contribution in [0.15, 0.2) is 23.1 Å². The largest absolute Gasteiger partial charge is 0.495 e.